The first-order chi connectivity index (χ1) is 5.61. The van der Waals surface area contributed by atoms with E-state index in [1.54, 1.807) is 24.3 Å². The van der Waals surface area contributed by atoms with Gasteiger partial charge in [-0.2, -0.15) is 0 Å². The lowest BCUT2D eigenvalue weighted by molar-refractivity contribution is 0.613. The lowest BCUT2D eigenvalue weighted by Crippen LogP contribution is -2.13. The Morgan fingerprint density at radius 2 is 1.75 bits per heavy atom. The van der Waals surface area contributed by atoms with E-state index in [1.165, 1.54) is 7.05 Å². The Hall–Kier alpha value is -0.740. The van der Waals surface area contributed by atoms with Crippen LogP contribution in [0.25, 0.3) is 0 Å². The zero-order valence-corrected chi connectivity index (χ0v) is 8.05. The van der Waals surface area contributed by atoms with Crippen LogP contribution in [0, 0.1) is 0 Å². The Labute approximate surface area is 77.7 Å². The predicted octanol–water partition coefficient (Wildman–Crippen LogP) is 1.30. The van der Waals surface area contributed by atoms with Gasteiger partial charge in [0.05, 0.1) is 5.69 Å². The summed E-state index contributed by atoms with van der Waals surface area (Å²) in [6, 6.07) is 6.58. The van der Waals surface area contributed by atoms with Crippen LogP contribution >= 0.6 is 11.6 Å². The number of thiol groups is 1. The molecule has 1 rings (SSSR count). The molecule has 0 aromatic heterocycles. The third kappa shape index (κ3) is 2.12. The number of hydrogen-bond acceptors (Lipinski definition) is 2. The molecule has 0 bridgehead atoms. The summed E-state index contributed by atoms with van der Waals surface area (Å²) in [5, 5.41) is 0.591. The van der Waals surface area contributed by atoms with E-state index in [2.05, 4.69) is 0 Å². The van der Waals surface area contributed by atoms with Crippen molar-refractivity contribution in [1.82, 2.24) is 0 Å². The Balaban J connectivity index is 2.97. The highest BCUT2D eigenvalue weighted by Crippen LogP contribution is 2.16. The maximum absolute atomic E-state index is 10.5. The van der Waals surface area contributed by atoms with Gasteiger partial charge in [0.15, 0.2) is 0 Å². The molecule has 0 aliphatic carbocycles. The molecule has 12 heavy (non-hydrogen) atoms. The Morgan fingerprint density at radius 1 is 1.25 bits per heavy atom. The van der Waals surface area contributed by atoms with Gasteiger partial charge in [-0.05, 0) is 24.3 Å². The van der Waals surface area contributed by atoms with Gasteiger partial charge in [-0.25, -0.2) is 8.42 Å². The quantitative estimate of drug-likeness (QED) is 0.740. The van der Waals surface area contributed by atoms with Gasteiger partial charge in [-0.1, -0.05) is 11.6 Å². The van der Waals surface area contributed by atoms with Crippen molar-refractivity contribution in [3.8, 4) is 0 Å². The summed E-state index contributed by atoms with van der Waals surface area (Å²) in [4.78, 5) is 0. The lowest BCUT2D eigenvalue weighted by atomic mass is 10.3. The number of anilines is 1. The summed E-state index contributed by atoms with van der Waals surface area (Å²) in [6.07, 6.45) is 0. The normalized spacial score (nSPS) is 10.2. The highest BCUT2D eigenvalue weighted by molar-refractivity contribution is 7.74. The fourth-order valence-corrected chi connectivity index (χ4v) is 1.20. The minimum atomic E-state index is -2.56. The van der Waals surface area contributed by atoms with Crippen LogP contribution in [-0.4, -0.2) is 15.5 Å². The zero-order valence-electron chi connectivity index (χ0n) is 6.40. The van der Waals surface area contributed by atoms with Crippen LogP contribution in [0.1, 0.15) is 0 Å². The zero-order chi connectivity index (χ0) is 9.14. The van der Waals surface area contributed by atoms with Gasteiger partial charge in [0.2, 0.25) is 10.9 Å². The average molecular weight is 206 g/mol. The lowest BCUT2D eigenvalue weighted by Gasteiger charge is -2.09. The van der Waals surface area contributed by atoms with Crippen LogP contribution in [0.5, 0.6) is 0 Å². The molecule has 0 heterocycles. The van der Waals surface area contributed by atoms with Crippen LogP contribution in [0.2, 0.25) is 5.02 Å². The van der Waals surface area contributed by atoms with E-state index in [-0.39, 0.29) is 0 Å². The highest BCUT2D eigenvalue weighted by Gasteiger charge is 2.00. The van der Waals surface area contributed by atoms with Crippen LogP contribution in [0.4, 0.5) is 5.69 Å². The number of benzene rings is 1. The molecule has 0 radical (unpaired) electrons. The predicted molar refractivity (Wildman–Crippen MR) is 50.2 cm³/mol. The van der Waals surface area contributed by atoms with Crippen molar-refractivity contribution in [3.63, 3.8) is 0 Å². The van der Waals surface area contributed by atoms with E-state index in [9.17, 15) is 8.42 Å². The van der Waals surface area contributed by atoms with Gasteiger partial charge in [0, 0.05) is 12.1 Å². The van der Waals surface area contributed by atoms with Gasteiger partial charge in [-0.3, -0.25) is 4.31 Å². The van der Waals surface area contributed by atoms with Crippen molar-refractivity contribution < 1.29 is 8.42 Å². The monoisotopic (exact) mass is 205 g/mol. The fourth-order valence-electron chi connectivity index (χ4n) is 0.751. The number of hydrogen-bond donors (Lipinski definition) is 1. The number of halogens is 1. The van der Waals surface area contributed by atoms with Crippen molar-refractivity contribution in [2.45, 2.75) is 0 Å². The second-order valence-electron chi connectivity index (χ2n) is 2.24. The molecular formula is C7H8ClNO2S. The van der Waals surface area contributed by atoms with E-state index in [1.807, 2.05) is 0 Å². The van der Waals surface area contributed by atoms with Crippen molar-refractivity contribution in [2.24, 2.45) is 0 Å². The molecule has 0 amide bonds. The number of rotatable bonds is 2. The maximum atomic E-state index is 10.5. The average Bonchev–Trinajstić information content (AvgIpc) is 2.04. The molecule has 0 spiro atoms. The standard InChI is InChI=1S/C7H8ClNO2S/c1-9(12(10)11)7-4-2-6(8)3-5-7/h2-5,12H,1H3. The molecule has 0 unspecified atom stereocenters. The van der Waals surface area contributed by atoms with Crippen LogP contribution in [0.3, 0.4) is 0 Å². The molecule has 0 aliphatic rings. The second-order valence-corrected chi connectivity index (χ2v) is 3.75. The van der Waals surface area contributed by atoms with E-state index in [0.29, 0.717) is 10.7 Å². The molecule has 5 heteroatoms. The molecule has 0 fully saturated rings. The second kappa shape index (κ2) is 3.78. The minimum Gasteiger partial charge on any atom is -0.275 e. The van der Waals surface area contributed by atoms with Crippen LogP contribution in [-0.2, 0) is 10.9 Å². The van der Waals surface area contributed by atoms with Crippen molar-refractivity contribution >= 4 is 28.2 Å². The smallest absolute Gasteiger partial charge is 0.224 e. The van der Waals surface area contributed by atoms with E-state index in [0.717, 1.165) is 4.31 Å². The van der Waals surface area contributed by atoms with Crippen molar-refractivity contribution in [3.05, 3.63) is 29.3 Å². The molecule has 0 aliphatic heterocycles. The molecule has 0 N–H and O–H groups in total. The van der Waals surface area contributed by atoms with Crippen LogP contribution < -0.4 is 4.31 Å². The first kappa shape index (κ1) is 9.35. The molecule has 0 saturated carbocycles. The van der Waals surface area contributed by atoms with Crippen molar-refractivity contribution in [2.75, 3.05) is 11.4 Å². The minimum absolute atomic E-state index is 0.591. The first-order valence-corrected chi connectivity index (χ1v) is 4.75. The van der Waals surface area contributed by atoms with E-state index < -0.39 is 10.9 Å². The summed E-state index contributed by atoms with van der Waals surface area (Å²) in [6.45, 7) is 0. The van der Waals surface area contributed by atoms with Gasteiger partial charge < -0.3 is 0 Å². The van der Waals surface area contributed by atoms with Gasteiger partial charge in [-0.15, -0.1) is 0 Å². The highest BCUT2D eigenvalue weighted by atomic mass is 35.5. The molecule has 1 aromatic rings. The molecule has 0 atom stereocenters. The maximum Gasteiger partial charge on any atom is 0.224 e. The molecule has 66 valence electrons. The summed E-state index contributed by atoms with van der Waals surface area (Å²) in [5.74, 6) is 0. The Bertz CT molecular complexity index is 326. The summed E-state index contributed by atoms with van der Waals surface area (Å²) in [7, 11) is -1.08. The SMILES string of the molecule is CN(c1ccc(Cl)cc1)[SH](=O)=O. The Kier molecular flexibility index (Phi) is 2.94. The first-order valence-electron chi connectivity index (χ1n) is 3.25. The van der Waals surface area contributed by atoms with Gasteiger partial charge in [0.25, 0.3) is 0 Å². The third-order valence-corrected chi connectivity index (χ3v) is 2.42. The van der Waals surface area contributed by atoms with Crippen molar-refractivity contribution in [1.29, 1.82) is 0 Å². The summed E-state index contributed by atoms with van der Waals surface area (Å²) >= 11 is 5.63. The summed E-state index contributed by atoms with van der Waals surface area (Å²) in [5.41, 5.74) is 0.607. The Morgan fingerprint density at radius 3 is 2.17 bits per heavy atom. The van der Waals surface area contributed by atoms with E-state index in [4.69, 9.17) is 11.6 Å². The van der Waals surface area contributed by atoms with E-state index >= 15 is 0 Å². The molecule has 1 aromatic carbocycles. The third-order valence-electron chi connectivity index (χ3n) is 1.45. The topological polar surface area (TPSA) is 37.4 Å². The fraction of sp³-hybridized carbons (Fsp3) is 0.143. The summed E-state index contributed by atoms with van der Waals surface area (Å²) < 4.78 is 22.2. The largest absolute Gasteiger partial charge is 0.275 e. The number of nitrogens with zero attached hydrogens (tertiary/aromatic N) is 1. The van der Waals surface area contributed by atoms with Crippen LogP contribution in [0.15, 0.2) is 24.3 Å². The molecule has 3 nitrogen and oxygen atoms in total. The molecular weight excluding hydrogens is 198 g/mol. The molecule has 0 saturated heterocycles. The van der Waals surface area contributed by atoms with Gasteiger partial charge >= 0.3 is 0 Å². The van der Waals surface area contributed by atoms with Gasteiger partial charge in [0.1, 0.15) is 0 Å².